The van der Waals surface area contributed by atoms with Gasteiger partial charge in [0.1, 0.15) is 0 Å². The Hall–Kier alpha value is -1.39. The molecule has 1 aliphatic carbocycles. The molecule has 1 saturated carbocycles. The fourth-order valence-corrected chi connectivity index (χ4v) is 2.06. The number of hydrogen-bond donors (Lipinski definition) is 1. The molecular weight excluding hydrogens is 239 g/mol. The van der Waals surface area contributed by atoms with Crippen LogP contribution in [-0.4, -0.2) is 23.7 Å². The summed E-state index contributed by atoms with van der Waals surface area (Å²) in [5.74, 6) is -4.04. The molecule has 0 aliphatic heterocycles. The van der Waals surface area contributed by atoms with Crippen LogP contribution in [0.25, 0.3) is 0 Å². The van der Waals surface area contributed by atoms with E-state index in [1.807, 2.05) is 6.92 Å². The summed E-state index contributed by atoms with van der Waals surface area (Å²) in [4.78, 5) is 22.1. The highest BCUT2D eigenvalue weighted by Gasteiger charge is 2.61. The van der Waals surface area contributed by atoms with E-state index in [1.165, 1.54) is 0 Å². The molecule has 5 heteroatoms. The fourth-order valence-electron chi connectivity index (χ4n) is 2.06. The summed E-state index contributed by atoms with van der Waals surface area (Å²) in [5.41, 5.74) is -0.507. The molecule has 0 bridgehead atoms. The summed E-state index contributed by atoms with van der Waals surface area (Å²) < 4.78 is 18.2. The molecule has 0 radical (unpaired) electrons. The van der Waals surface area contributed by atoms with Crippen molar-refractivity contribution in [2.75, 3.05) is 6.61 Å². The Kier molecular flexibility index (Phi) is 4.48. The monoisotopic (exact) mass is 258 g/mol. The minimum Gasteiger partial charge on any atom is -0.481 e. The summed E-state index contributed by atoms with van der Waals surface area (Å²) >= 11 is 0. The predicted octanol–water partition coefficient (Wildman–Crippen LogP) is 2.54. The third-order valence-corrected chi connectivity index (χ3v) is 3.43. The zero-order chi connectivity index (χ0) is 13.9. The maximum absolute atomic E-state index is 13.5. The molecule has 0 aromatic heterocycles. The van der Waals surface area contributed by atoms with Crippen LogP contribution < -0.4 is 0 Å². The first-order valence-electron chi connectivity index (χ1n) is 6.09. The predicted molar refractivity (Wildman–Crippen MR) is 63.5 cm³/mol. The van der Waals surface area contributed by atoms with Gasteiger partial charge in [-0.15, -0.1) is 0 Å². The summed E-state index contributed by atoms with van der Waals surface area (Å²) in [6.07, 6.45) is 2.62. The standard InChI is InChI=1S/C13H19FO4/c1-4-5-6-18-12(17)9(14)7-8-10(11(15)16)13(8,2)3/h7-8,10H,4-6H2,1-3H3,(H,15,16). The van der Waals surface area contributed by atoms with E-state index in [0.29, 0.717) is 6.42 Å². The minimum absolute atomic E-state index is 0.188. The first-order chi connectivity index (χ1) is 8.32. The normalized spacial score (nSPS) is 25.7. The van der Waals surface area contributed by atoms with E-state index in [4.69, 9.17) is 9.84 Å². The van der Waals surface area contributed by atoms with Crippen molar-refractivity contribution in [2.45, 2.75) is 33.6 Å². The van der Waals surface area contributed by atoms with Gasteiger partial charge in [0.2, 0.25) is 5.83 Å². The molecule has 1 N–H and O–H groups in total. The zero-order valence-corrected chi connectivity index (χ0v) is 10.9. The molecule has 2 atom stereocenters. The molecule has 18 heavy (non-hydrogen) atoms. The Morgan fingerprint density at radius 2 is 2.06 bits per heavy atom. The van der Waals surface area contributed by atoms with Gasteiger partial charge in [0.05, 0.1) is 12.5 Å². The Labute approximate surface area is 106 Å². The molecule has 0 aromatic carbocycles. The van der Waals surface area contributed by atoms with Gasteiger partial charge in [-0.2, -0.15) is 4.39 Å². The van der Waals surface area contributed by atoms with E-state index in [2.05, 4.69) is 0 Å². The lowest BCUT2D eigenvalue weighted by Crippen LogP contribution is -2.07. The Morgan fingerprint density at radius 1 is 1.44 bits per heavy atom. The minimum atomic E-state index is -1.00. The van der Waals surface area contributed by atoms with E-state index >= 15 is 0 Å². The lowest BCUT2D eigenvalue weighted by Gasteiger charge is -2.01. The molecule has 2 unspecified atom stereocenters. The molecular formula is C13H19FO4. The summed E-state index contributed by atoms with van der Waals surface area (Å²) in [6.45, 7) is 5.60. The van der Waals surface area contributed by atoms with Crippen molar-refractivity contribution in [3.05, 3.63) is 11.9 Å². The van der Waals surface area contributed by atoms with Gasteiger partial charge in [-0.1, -0.05) is 27.2 Å². The lowest BCUT2D eigenvalue weighted by molar-refractivity contribution is -0.141. The van der Waals surface area contributed by atoms with Crippen LogP contribution in [0.1, 0.15) is 33.6 Å². The second-order valence-electron chi connectivity index (χ2n) is 5.17. The van der Waals surface area contributed by atoms with Crippen LogP contribution >= 0.6 is 0 Å². The number of ether oxygens (including phenoxy) is 1. The van der Waals surface area contributed by atoms with Gasteiger partial charge in [0.25, 0.3) is 0 Å². The highest BCUT2D eigenvalue weighted by molar-refractivity contribution is 5.86. The number of unbranched alkanes of at least 4 members (excludes halogenated alkanes) is 1. The average molecular weight is 258 g/mol. The van der Waals surface area contributed by atoms with Crippen molar-refractivity contribution in [1.29, 1.82) is 0 Å². The third-order valence-electron chi connectivity index (χ3n) is 3.43. The van der Waals surface area contributed by atoms with Crippen LogP contribution in [0, 0.1) is 17.3 Å². The Morgan fingerprint density at radius 3 is 2.50 bits per heavy atom. The topological polar surface area (TPSA) is 63.6 Å². The molecule has 0 spiro atoms. The highest BCUT2D eigenvalue weighted by atomic mass is 19.1. The molecule has 0 aromatic rings. The van der Waals surface area contributed by atoms with E-state index in [9.17, 15) is 14.0 Å². The van der Waals surface area contributed by atoms with E-state index < -0.39 is 35.0 Å². The van der Waals surface area contributed by atoms with Crippen LogP contribution in [0.15, 0.2) is 11.9 Å². The van der Waals surface area contributed by atoms with Crippen LogP contribution in [-0.2, 0) is 14.3 Å². The number of carboxylic acids is 1. The van der Waals surface area contributed by atoms with Gasteiger partial charge in [0.15, 0.2) is 0 Å². The first kappa shape index (κ1) is 14.7. The van der Waals surface area contributed by atoms with Gasteiger partial charge < -0.3 is 9.84 Å². The van der Waals surface area contributed by atoms with Gasteiger partial charge >= 0.3 is 11.9 Å². The Bertz CT molecular complexity index is 373. The van der Waals surface area contributed by atoms with Gasteiger partial charge in [-0.05, 0) is 23.8 Å². The van der Waals surface area contributed by atoms with Crippen LogP contribution in [0.2, 0.25) is 0 Å². The number of carbonyl (C=O) groups excluding carboxylic acids is 1. The summed E-state index contributed by atoms with van der Waals surface area (Å²) in [5, 5.41) is 8.92. The largest absolute Gasteiger partial charge is 0.481 e. The average Bonchev–Trinajstić information content (AvgIpc) is 2.80. The van der Waals surface area contributed by atoms with Crippen LogP contribution in [0.3, 0.4) is 0 Å². The van der Waals surface area contributed by atoms with E-state index in [-0.39, 0.29) is 6.61 Å². The molecule has 0 saturated heterocycles. The van der Waals surface area contributed by atoms with E-state index in [0.717, 1.165) is 12.5 Å². The number of esters is 1. The fraction of sp³-hybridized carbons (Fsp3) is 0.692. The van der Waals surface area contributed by atoms with Crippen molar-refractivity contribution in [1.82, 2.24) is 0 Å². The van der Waals surface area contributed by atoms with E-state index in [1.54, 1.807) is 13.8 Å². The number of carbonyl (C=O) groups is 2. The molecule has 0 amide bonds. The number of halogens is 1. The van der Waals surface area contributed by atoms with Crippen molar-refractivity contribution in [3.63, 3.8) is 0 Å². The highest BCUT2D eigenvalue weighted by Crippen LogP contribution is 2.59. The van der Waals surface area contributed by atoms with Crippen molar-refractivity contribution < 1.29 is 23.8 Å². The number of allylic oxidation sites excluding steroid dienone is 1. The zero-order valence-electron chi connectivity index (χ0n) is 10.9. The number of aliphatic carboxylic acids is 1. The summed E-state index contributed by atoms with van der Waals surface area (Å²) in [7, 11) is 0. The first-order valence-corrected chi connectivity index (χ1v) is 6.09. The maximum Gasteiger partial charge on any atom is 0.366 e. The molecule has 1 fully saturated rings. The van der Waals surface area contributed by atoms with Crippen molar-refractivity contribution in [3.8, 4) is 0 Å². The molecule has 4 nitrogen and oxygen atoms in total. The van der Waals surface area contributed by atoms with Crippen molar-refractivity contribution in [2.24, 2.45) is 17.3 Å². The van der Waals surface area contributed by atoms with Gasteiger partial charge in [-0.25, -0.2) is 4.79 Å². The van der Waals surface area contributed by atoms with Gasteiger partial charge in [0, 0.05) is 0 Å². The number of rotatable bonds is 6. The second-order valence-corrected chi connectivity index (χ2v) is 5.17. The molecule has 0 heterocycles. The number of carboxylic acid groups (broad SMARTS) is 1. The summed E-state index contributed by atoms with van der Waals surface area (Å²) in [6, 6.07) is 0. The van der Waals surface area contributed by atoms with Crippen LogP contribution in [0.4, 0.5) is 4.39 Å². The maximum atomic E-state index is 13.5. The molecule has 102 valence electrons. The SMILES string of the molecule is CCCCOC(=O)C(F)=CC1C(C(=O)O)C1(C)C. The van der Waals surface area contributed by atoms with Crippen LogP contribution in [0.5, 0.6) is 0 Å². The molecule has 1 rings (SSSR count). The number of hydrogen-bond acceptors (Lipinski definition) is 3. The third kappa shape index (κ3) is 3.09. The smallest absolute Gasteiger partial charge is 0.366 e. The second kappa shape index (κ2) is 5.50. The lowest BCUT2D eigenvalue weighted by atomic mass is 10.1. The van der Waals surface area contributed by atoms with Gasteiger partial charge in [-0.3, -0.25) is 4.79 Å². The quantitative estimate of drug-likeness (QED) is 0.452. The molecule has 1 aliphatic rings. The van der Waals surface area contributed by atoms with Crippen molar-refractivity contribution >= 4 is 11.9 Å². The Balaban J connectivity index is 2.57.